The molecule has 0 aliphatic carbocycles. The Morgan fingerprint density at radius 1 is 1.38 bits per heavy atom. The van der Waals surface area contributed by atoms with E-state index in [9.17, 15) is 10.1 Å². The van der Waals surface area contributed by atoms with Gasteiger partial charge in [-0.05, 0) is 55.8 Å². The summed E-state index contributed by atoms with van der Waals surface area (Å²) in [6, 6.07) is 8.65. The van der Waals surface area contributed by atoms with Gasteiger partial charge in [0.05, 0.1) is 12.1 Å². The molecule has 0 radical (unpaired) electrons. The van der Waals surface area contributed by atoms with Crippen LogP contribution >= 0.6 is 15.9 Å². The summed E-state index contributed by atoms with van der Waals surface area (Å²) in [4.78, 5) is 11.7. The van der Waals surface area contributed by atoms with Crippen molar-refractivity contribution in [2.45, 2.75) is 45.4 Å². The van der Waals surface area contributed by atoms with E-state index in [0.717, 1.165) is 10.2 Å². The zero-order chi connectivity index (χ0) is 16.0. The number of hydrogen-bond acceptors (Lipinski definition) is 4. The lowest BCUT2D eigenvalue weighted by Crippen LogP contribution is -2.46. The number of rotatable bonds is 4. The fraction of sp³-hybridized carbons (Fsp3) is 0.467. The van der Waals surface area contributed by atoms with E-state index >= 15 is 0 Å². The zero-order valence-corrected chi connectivity index (χ0v) is 14.2. The molecule has 1 aromatic rings. The number of nitrogens with one attached hydrogen (secondary N) is 2. The van der Waals surface area contributed by atoms with Gasteiger partial charge in [-0.25, -0.2) is 4.79 Å². The van der Waals surface area contributed by atoms with Crippen LogP contribution in [-0.4, -0.2) is 23.8 Å². The number of hydrogen-bond donors (Lipinski definition) is 2. The second-order valence-corrected chi connectivity index (χ2v) is 6.52. The number of benzene rings is 1. The molecule has 1 rings (SSSR count). The van der Waals surface area contributed by atoms with Crippen molar-refractivity contribution in [1.29, 1.82) is 5.26 Å². The summed E-state index contributed by atoms with van der Waals surface area (Å²) < 4.78 is 6.04. The Morgan fingerprint density at radius 2 is 2.00 bits per heavy atom. The highest BCUT2D eigenvalue weighted by Gasteiger charge is 2.22. The van der Waals surface area contributed by atoms with Gasteiger partial charge in [0.15, 0.2) is 0 Å². The molecular weight excluding hydrogens is 334 g/mol. The van der Waals surface area contributed by atoms with Crippen LogP contribution in [-0.2, 0) is 4.74 Å². The van der Waals surface area contributed by atoms with Crippen molar-refractivity contribution in [3.05, 3.63) is 28.7 Å². The molecule has 0 bridgehead atoms. The van der Waals surface area contributed by atoms with Crippen LogP contribution < -0.4 is 10.6 Å². The Balaban J connectivity index is 2.66. The number of ether oxygens (including phenoxy) is 1. The summed E-state index contributed by atoms with van der Waals surface area (Å²) in [5.74, 6) is 0. The maximum Gasteiger partial charge on any atom is 0.407 e. The largest absolute Gasteiger partial charge is 0.444 e. The Morgan fingerprint density at radius 3 is 2.52 bits per heavy atom. The standard InChI is InChI=1S/C15H20BrN3O2/c1-10(18-14(20)21-15(2,3)4)13(9-17)19-12-8-6-5-7-11(12)16/h5-8,10,13,19H,1-4H3,(H,18,20). The number of alkyl carbamates (subject to hydrolysis) is 1. The van der Waals surface area contributed by atoms with Crippen molar-refractivity contribution in [2.75, 3.05) is 5.32 Å². The highest BCUT2D eigenvalue weighted by Crippen LogP contribution is 2.22. The van der Waals surface area contributed by atoms with E-state index < -0.39 is 23.8 Å². The van der Waals surface area contributed by atoms with Crippen LogP contribution in [0.5, 0.6) is 0 Å². The summed E-state index contributed by atoms with van der Waals surface area (Å²) in [6.07, 6.45) is -0.538. The second kappa shape index (κ2) is 7.32. The molecule has 5 nitrogen and oxygen atoms in total. The molecule has 6 heteroatoms. The van der Waals surface area contributed by atoms with Gasteiger partial charge in [-0.3, -0.25) is 0 Å². The van der Waals surface area contributed by atoms with Crippen LogP contribution in [0.3, 0.4) is 0 Å². The summed E-state index contributed by atoms with van der Waals surface area (Å²) in [5.41, 5.74) is 0.226. The molecule has 0 heterocycles. The van der Waals surface area contributed by atoms with Gasteiger partial charge >= 0.3 is 6.09 Å². The van der Waals surface area contributed by atoms with Gasteiger partial charge in [-0.15, -0.1) is 0 Å². The Kier molecular flexibility index (Phi) is 6.03. The first kappa shape index (κ1) is 17.3. The number of amides is 1. The minimum absolute atomic E-state index is 0.406. The molecule has 0 aliphatic heterocycles. The molecule has 114 valence electrons. The van der Waals surface area contributed by atoms with Crippen molar-refractivity contribution < 1.29 is 9.53 Å². The number of carbonyl (C=O) groups excluding carboxylic acids is 1. The molecule has 21 heavy (non-hydrogen) atoms. The molecular formula is C15H20BrN3O2. The lowest BCUT2D eigenvalue weighted by atomic mass is 10.1. The van der Waals surface area contributed by atoms with Crippen molar-refractivity contribution in [3.8, 4) is 6.07 Å². The fourth-order valence-corrected chi connectivity index (χ4v) is 1.99. The SMILES string of the molecule is CC(NC(=O)OC(C)(C)C)C(C#N)Nc1ccccc1Br. The number of halogens is 1. The lowest BCUT2D eigenvalue weighted by Gasteiger charge is -2.25. The highest BCUT2D eigenvalue weighted by atomic mass is 79.9. The summed E-state index contributed by atoms with van der Waals surface area (Å²) in [7, 11) is 0. The van der Waals surface area contributed by atoms with Crippen LogP contribution in [0.1, 0.15) is 27.7 Å². The van der Waals surface area contributed by atoms with Crippen molar-refractivity contribution in [2.24, 2.45) is 0 Å². The number of anilines is 1. The molecule has 0 spiro atoms. The monoisotopic (exact) mass is 353 g/mol. The Labute approximate surface area is 133 Å². The number of carbonyl (C=O) groups is 1. The van der Waals surface area contributed by atoms with Crippen molar-refractivity contribution in [1.82, 2.24) is 5.32 Å². The average Bonchev–Trinajstić information content (AvgIpc) is 2.35. The van der Waals surface area contributed by atoms with Gasteiger partial charge in [-0.2, -0.15) is 5.26 Å². The number of nitriles is 1. The Hall–Kier alpha value is -1.74. The van der Waals surface area contributed by atoms with Gasteiger partial charge in [0.2, 0.25) is 0 Å². The quantitative estimate of drug-likeness (QED) is 0.865. The van der Waals surface area contributed by atoms with E-state index in [0.29, 0.717) is 0 Å². The first-order valence-corrected chi connectivity index (χ1v) is 7.42. The van der Waals surface area contributed by atoms with Gasteiger partial charge < -0.3 is 15.4 Å². The summed E-state index contributed by atoms with van der Waals surface area (Å²) >= 11 is 3.41. The molecule has 2 atom stereocenters. The average molecular weight is 354 g/mol. The molecule has 1 amide bonds. The highest BCUT2D eigenvalue weighted by molar-refractivity contribution is 9.10. The van der Waals surface area contributed by atoms with Gasteiger partial charge in [-0.1, -0.05) is 12.1 Å². The van der Waals surface area contributed by atoms with Gasteiger partial charge in [0.1, 0.15) is 11.6 Å². The normalized spacial score (nSPS) is 13.7. The van der Waals surface area contributed by atoms with E-state index in [1.54, 1.807) is 27.7 Å². The van der Waals surface area contributed by atoms with Crippen LogP contribution in [0.15, 0.2) is 28.7 Å². The number of para-hydroxylation sites is 1. The van der Waals surface area contributed by atoms with E-state index in [2.05, 4.69) is 32.6 Å². The van der Waals surface area contributed by atoms with E-state index in [-0.39, 0.29) is 0 Å². The lowest BCUT2D eigenvalue weighted by molar-refractivity contribution is 0.0507. The second-order valence-electron chi connectivity index (χ2n) is 5.67. The maximum absolute atomic E-state index is 11.7. The third-order valence-electron chi connectivity index (χ3n) is 2.57. The minimum atomic E-state index is -0.573. The van der Waals surface area contributed by atoms with E-state index in [1.165, 1.54) is 0 Å². The smallest absolute Gasteiger partial charge is 0.407 e. The first-order chi connectivity index (χ1) is 9.73. The van der Waals surface area contributed by atoms with Crippen LogP contribution in [0.2, 0.25) is 0 Å². The van der Waals surface area contributed by atoms with Crippen LogP contribution in [0, 0.1) is 11.3 Å². The summed E-state index contributed by atoms with van der Waals surface area (Å²) in [6.45, 7) is 7.12. The summed E-state index contributed by atoms with van der Waals surface area (Å²) in [5, 5.41) is 15.0. The Bertz CT molecular complexity index is 534. The predicted octanol–water partition coefficient (Wildman–Crippen LogP) is 3.67. The third kappa shape index (κ3) is 6.05. The van der Waals surface area contributed by atoms with Crippen LogP contribution in [0.25, 0.3) is 0 Å². The van der Waals surface area contributed by atoms with Gasteiger partial charge in [0.25, 0.3) is 0 Å². The topological polar surface area (TPSA) is 74.1 Å². The van der Waals surface area contributed by atoms with Gasteiger partial charge in [0, 0.05) is 10.2 Å². The molecule has 0 saturated heterocycles. The molecule has 1 aromatic carbocycles. The predicted molar refractivity (Wildman–Crippen MR) is 86.0 cm³/mol. The first-order valence-electron chi connectivity index (χ1n) is 6.63. The van der Waals surface area contributed by atoms with E-state index in [4.69, 9.17) is 4.74 Å². The minimum Gasteiger partial charge on any atom is -0.444 e. The molecule has 0 aromatic heterocycles. The molecule has 0 fully saturated rings. The molecule has 2 unspecified atom stereocenters. The zero-order valence-electron chi connectivity index (χ0n) is 12.6. The maximum atomic E-state index is 11.7. The molecule has 2 N–H and O–H groups in total. The van der Waals surface area contributed by atoms with E-state index in [1.807, 2.05) is 24.3 Å². The van der Waals surface area contributed by atoms with Crippen LogP contribution in [0.4, 0.5) is 10.5 Å². The fourth-order valence-electron chi connectivity index (χ4n) is 1.59. The number of nitrogens with zero attached hydrogens (tertiary/aromatic N) is 1. The molecule has 0 aliphatic rings. The molecule has 0 saturated carbocycles. The third-order valence-corrected chi connectivity index (χ3v) is 3.26. The van der Waals surface area contributed by atoms with Crippen molar-refractivity contribution in [3.63, 3.8) is 0 Å². The van der Waals surface area contributed by atoms with Crippen molar-refractivity contribution >= 4 is 27.7 Å².